The van der Waals surface area contributed by atoms with Crippen molar-refractivity contribution >= 4 is 5.97 Å². The van der Waals surface area contributed by atoms with Crippen LogP contribution in [0.1, 0.15) is 17.2 Å². The minimum atomic E-state index is -1.27. The van der Waals surface area contributed by atoms with Crippen molar-refractivity contribution in [1.82, 2.24) is 5.32 Å². The lowest BCUT2D eigenvalue weighted by atomic mass is 10.1. The lowest BCUT2D eigenvalue weighted by Crippen LogP contribution is -2.33. The molecule has 2 rings (SSSR count). The molecule has 0 heterocycles. The molecule has 0 saturated carbocycles. The third kappa shape index (κ3) is 5.36. The summed E-state index contributed by atoms with van der Waals surface area (Å²) < 4.78 is 5.18. The Balaban J connectivity index is 1.80. The summed E-state index contributed by atoms with van der Waals surface area (Å²) in [6, 6.07) is 18.5. The molecule has 0 bridgehead atoms. The number of rotatable bonds is 8. The number of benzene rings is 2. The molecule has 2 unspecified atom stereocenters. The Morgan fingerprint density at radius 2 is 1.74 bits per heavy atom. The molecule has 4 nitrogen and oxygen atoms in total. The molecule has 2 aromatic carbocycles. The van der Waals surface area contributed by atoms with Crippen LogP contribution >= 0.6 is 0 Å². The van der Waals surface area contributed by atoms with Gasteiger partial charge in [0.25, 0.3) is 0 Å². The molecule has 0 aliphatic heterocycles. The molecule has 0 spiro atoms. The van der Waals surface area contributed by atoms with Crippen molar-refractivity contribution in [2.75, 3.05) is 6.61 Å². The van der Waals surface area contributed by atoms with E-state index in [9.17, 15) is 9.90 Å². The van der Waals surface area contributed by atoms with Gasteiger partial charge in [0.05, 0.1) is 6.04 Å². The molecule has 2 atom stereocenters. The Morgan fingerprint density at radius 3 is 2.35 bits per heavy atom. The number of esters is 1. The van der Waals surface area contributed by atoms with Crippen molar-refractivity contribution in [3.63, 3.8) is 0 Å². The largest absolute Gasteiger partial charge is 0.462 e. The number of carbonyl (C=O) groups is 1. The Morgan fingerprint density at radius 1 is 1.13 bits per heavy atom. The van der Waals surface area contributed by atoms with Gasteiger partial charge in [-0.2, -0.15) is 0 Å². The first kappa shape index (κ1) is 16.9. The van der Waals surface area contributed by atoms with E-state index in [0.29, 0.717) is 12.1 Å². The second-order valence-corrected chi connectivity index (χ2v) is 5.15. The zero-order chi connectivity index (χ0) is 16.5. The van der Waals surface area contributed by atoms with Crippen molar-refractivity contribution < 1.29 is 14.6 Å². The molecule has 120 valence electrons. The first-order valence-corrected chi connectivity index (χ1v) is 7.50. The highest BCUT2D eigenvalue weighted by Gasteiger charge is 2.19. The van der Waals surface area contributed by atoms with Crippen molar-refractivity contribution in [3.8, 4) is 0 Å². The number of nitrogens with one attached hydrogen (secondary N) is 1. The van der Waals surface area contributed by atoms with Crippen molar-refractivity contribution in [1.29, 1.82) is 0 Å². The van der Waals surface area contributed by atoms with E-state index < -0.39 is 12.1 Å². The van der Waals surface area contributed by atoms with Gasteiger partial charge >= 0.3 is 5.97 Å². The fourth-order valence-electron chi connectivity index (χ4n) is 2.08. The van der Waals surface area contributed by atoms with Crippen molar-refractivity contribution in [3.05, 3.63) is 84.4 Å². The predicted molar refractivity (Wildman–Crippen MR) is 89.6 cm³/mol. The molecule has 23 heavy (non-hydrogen) atoms. The van der Waals surface area contributed by atoms with E-state index in [2.05, 4.69) is 11.9 Å². The summed E-state index contributed by atoms with van der Waals surface area (Å²) in [5, 5.41) is 13.2. The maximum Gasteiger partial charge on any atom is 0.339 e. The van der Waals surface area contributed by atoms with Gasteiger partial charge in [-0.3, -0.25) is 0 Å². The Labute approximate surface area is 136 Å². The summed E-state index contributed by atoms with van der Waals surface area (Å²) in [6.45, 7) is 4.51. The SMILES string of the molecule is C=CC(COC(=O)C(O)c1ccccc1)NCc1ccccc1. The van der Waals surface area contributed by atoms with Gasteiger partial charge in [0.1, 0.15) is 6.61 Å². The number of aliphatic hydroxyl groups excluding tert-OH is 1. The van der Waals surface area contributed by atoms with Gasteiger partial charge in [-0.05, 0) is 11.1 Å². The topological polar surface area (TPSA) is 58.6 Å². The fraction of sp³-hybridized carbons (Fsp3) is 0.211. The van der Waals surface area contributed by atoms with Crippen LogP contribution in [-0.2, 0) is 16.1 Å². The van der Waals surface area contributed by atoms with Crippen molar-refractivity contribution in [2.24, 2.45) is 0 Å². The van der Waals surface area contributed by atoms with Gasteiger partial charge < -0.3 is 15.2 Å². The molecular formula is C19H21NO3. The normalized spacial score (nSPS) is 13.1. The minimum Gasteiger partial charge on any atom is -0.462 e. The van der Waals surface area contributed by atoms with Gasteiger partial charge in [0.15, 0.2) is 6.10 Å². The van der Waals surface area contributed by atoms with Gasteiger partial charge in [-0.1, -0.05) is 66.7 Å². The van der Waals surface area contributed by atoms with Crippen LogP contribution in [0.15, 0.2) is 73.3 Å². The average Bonchev–Trinajstić information content (AvgIpc) is 2.62. The predicted octanol–water partition coefficient (Wildman–Crippen LogP) is 2.61. The Kier molecular flexibility index (Phi) is 6.54. The first-order valence-electron chi connectivity index (χ1n) is 7.50. The lowest BCUT2D eigenvalue weighted by Gasteiger charge is -2.17. The molecule has 0 radical (unpaired) electrons. The van der Waals surface area contributed by atoms with Crippen LogP contribution in [0.4, 0.5) is 0 Å². The molecule has 0 fully saturated rings. The monoisotopic (exact) mass is 311 g/mol. The average molecular weight is 311 g/mol. The maximum absolute atomic E-state index is 11.9. The van der Waals surface area contributed by atoms with Crippen LogP contribution in [0, 0.1) is 0 Å². The maximum atomic E-state index is 11.9. The van der Waals surface area contributed by atoms with Crippen LogP contribution in [-0.4, -0.2) is 23.7 Å². The zero-order valence-corrected chi connectivity index (χ0v) is 12.9. The highest BCUT2D eigenvalue weighted by atomic mass is 16.5. The molecular weight excluding hydrogens is 290 g/mol. The van der Waals surface area contributed by atoms with E-state index in [1.165, 1.54) is 0 Å². The molecule has 0 saturated heterocycles. The van der Waals surface area contributed by atoms with E-state index in [1.807, 2.05) is 36.4 Å². The van der Waals surface area contributed by atoms with Crippen molar-refractivity contribution in [2.45, 2.75) is 18.7 Å². The molecule has 0 aromatic heterocycles. The number of aliphatic hydroxyl groups is 1. The number of hydrogen-bond donors (Lipinski definition) is 2. The molecule has 4 heteroatoms. The van der Waals surface area contributed by atoms with Gasteiger partial charge in [0, 0.05) is 6.54 Å². The first-order chi connectivity index (χ1) is 11.2. The highest BCUT2D eigenvalue weighted by Crippen LogP contribution is 2.13. The summed E-state index contributed by atoms with van der Waals surface area (Å²) in [4.78, 5) is 11.9. The van der Waals surface area contributed by atoms with E-state index in [4.69, 9.17) is 4.74 Å². The van der Waals surface area contributed by atoms with Gasteiger partial charge in [0.2, 0.25) is 0 Å². The Hall–Kier alpha value is -2.43. The van der Waals surface area contributed by atoms with E-state index in [-0.39, 0.29) is 12.6 Å². The summed E-state index contributed by atoms with van der Waals surface area (Å²) in [5.74, 6) is -0.662. The second kappa shape index (κ2) is 8.88. The highest BCUT2D eigenvalue weighted by molar-refractivity contribution is 5.76. The number of ether oxygens (including phenoxy) is 1. The summed E-state index contributed by atoms with van der Waals surface area (Å²) >= 11 is 0. The summed E-state index contributed by atoms with van der Waals surface area (Å²) in [6.07, 6.45) is 0.418. The molecule has 0 aliphatic rings. The van der Waals surface area contributed by atoms with Gasteiger partial charge in [-0.25, -0.2) is 4.79 Å². The second-order valence-electron chi connectivity index (χ2n) is 5.15. The van der Waals surface area contributed by atoms with Crippen LogP contribution in [0.3, 0.4) is 0 Å². The van der Waals surface area contributed by atoms with Crippen LogP contribution in [0.2, 0.25) is 0 Å². The Bertz CT molecular complexity index is 613. The quantitative estimate of drug-likeness (QED) is 0.581. The smallest absolute Gasteiger partial charge is 0.339 e. The number of carbonyl (C=O) groups excluding carboxylic acids is 1. The zero-order valence-electron chi connectivity index (χ0n) is 12.9. The van der Waals surface area contributed by atoms with Crippen LogP contribution < -0.4 is 5.32 Å². The fourth-order valence-corrected chi connectivity index (χ4v) is 2.08. The lowest BCUT2D eigenvalue weighted by molar-refractivity contribution is -0.154. The van der Waals surface area contributed by atoms with Crippen LogP contribution in [0.5, 0.6) is 0 Å². The number of hydrogen-bond acceptors (Lipinski definition) is 4. The minimum absolute atomic E-state index is 0.124. The van der Waals surface area contributed by atoms with E-state index in [0.717, 1.165) is 5.56 Å². The van der Waals surface area contributed by atoms with E-state index >= 15 is 0 Å². The molecule has 2 N–H and O–H groups in total. The standard InChI is InChI=1S/C19H21NO3/c1-2-17(20-13-15-9-5-3-6-10-15)14-23-19(22)18(21)16-11-7-4-8-12-16/h2-12,17-18,20-21H,1,13-14H2. The molecule has 0 amide bonds. The summed E-state index contributed by atoms with van der Waals surface area (Å²) in [5.41, 5.74) is 1.65. The third-order valence-electron chi connectivity index (χ3n) is 3.44. The molecule has 0 aliphatic carbocycles. The molecule has 2 aromatic rings. The van der Waals surface area contributed by atoms with Crippen LogP contribution in [0.25, 0.3) is 0 Å². The van der Waals surface area contributed by atoms with E-state index in [1.54, 1.807) is 30.3 Å². The third-order valence-corrected chi connectivity index (χ3v) is 3.44. The summed E-state index contributed by atoms with van der Waals surface area (Å²) in [7, 11) is 0. The van der Waals surface area contributed by atoms with Gasteiger partial charge in [-0.15, -0.1) is 6.58 Å².